The fraction of sp³-hybridized carbons (Fsp3) is 0.481. The molecule has 0 bridgehead atoms. The fourth-order valence-corrected chi connectivity index (χ4v) is 4.03. The van der Waals surface area contributed by atoms with Crippen molar-refractivity contribution in [3.05, 3.63) is 65.0 Å². The zero-order valence-electron chi connectivity index (χ0n) is 20.4. The summed E-state index contributed by atoms with van der Waals surface area (Å²) >= 11 is 0. The minimum absolute atomic E-state index is 0.0372. The topological polar surface area (TPSA) is 58.6 Å². The summed E-state index contributed by atoms with van der Waals surface area (Å²) in [5.41, 5.74) is 2.35. The standard InChI is InChI=1S/C27H35FN2O3/c1-17(2)16-29-25(31)18(3)33-22-12-9-19-13-14-30(26(32)27(4,5)6)24(23(19)15-22)20-7-10-21(28)11-8-20/h7-12,15,17-18,24H,13-14,16H2,1-6H3,(H,29,31). The van der Waals surface area contributed by atoms with E-state index >= 15 is 0 Å². The minimum atomic E-state index is -0.651. The number of hydrogen-bond donors (Lipinski definition) is 1. The van der Waals surface area contributed by atoms with Gasteiger partial charge in [0.25, 0.3) is 5.91 Å². The zero-order valence-corrected chi connectivity index (χ0v) is 20.4. The van der Waals surface area contributed by atoms with Crippen LogP contribution in [-0.4, -0.2) is 35.9 Å². The monoisotopic (exact) mass is 454 g/mol. The molecule has 2 aromatic carbocycles. The second-order valence-electron chi connectivity index (χ2n) is 10.2. The van der Waals surface area contributed by atoms with E-state index in [0.717, 1.165) is 23.1 Å². The van der Waals surface area contributed by atoms with Crippen LogP contribution in [0.3, 0.4) is 0 Å². The Bertz CT molecular complexity index is 995. The third kappa shape index (κ3) is 5.92. The van der Waals surface area contributed by atoms with Crippen LogP contribution in [0.1, 0.15) is 64.3 Å². The molecule has 0 radical (unpaired) electrons. The van der Waals surface area contributed by atoms with E-state index in [4.69, 9.17) is 4.74 Å². The third-order valence-electron chi connectivity index (χ3n) is 5.80. The number of carbonyl (C=O) groups excluding carboxylic acids is 2. The smallest absolute Gasteiger partial charge is 0.260 e. The van der Waals surface area contributed by atoms with Gasteiger partial charge in [-0.2, -0.15) is 0 Å². The van der Waals surface area contributed by atoms with Crippen molar-refractivity contribution < 1.29 is 18.7 Å². The van der Waals surface area contributed by atoms with Gasteiger partial charge in [-0.1, -0.05) is 52.8 Å². The van der Waals surface area contributed by atoms with Crippen LogP contribution in [0.5, 0.6) is 5.75 Å². The summed E-state index contributed by atoms with van der Waals surface area (Å²) in [7, 11) is 0. The maximum Gasteiger partial charge on any atom is 0.260 e. The number of nitrogens with one attached hydrogen (secondary N) is 1. The number of benzene rings is 2. The highest BCUT2D eigenvalue weighted by molar-refractivity contribution is 5.83. The maximum absolute atomic E-state index is 13.7. The summed E-state index contributed by atoms with van der Waals surface area (Å²) in [6.07, 6.45) is 0.0708. The van der Waals surface area contributed by atoms with Crippen molar-refractivity contribution >= 4 is 11.8 Å². The quantitative estimate of drug-likeness (QED) is 0.676. The first-order chi connectivity index (χ1) is 15.5. The van der Waals surface area contributed by atoms with Gasteiger partial charge >= 0.3 is 0 Å². The molecule has 1 heterocycles. The largest absolute Gasteiger partial charge is 0.481 e. The van der Waals surface area contributed by atoms with Crippen molar-refractivity contribution in [2.45, 2.75) is 60.1 Å². The Morgan fingerprint density at radius 1 is 1.12 bits per heavy atom. The number of rotatable bonds is 6. The molecule has 0 spiro atoms. The molecule has 0 fully saturated rings. The van der Waals surface area contributed by atoms with Crippen molar-refractivity contribution in [3.8, 4) is 5.75 Å². The lowest BCUT2D eigenvalue weighted by Crippen LogP contribution is -2.45. The van der Waals surface area contributed by atoms with Crippen molar-refractivity contribution in [1.29, 1.82) is 0 Å². The van der Waals surface area contributed by atoms with E-state index < -0.39 is 11.5 Å². The molecule has 6 heteroatoms. The molecule has 1 N–H and O–H groups in total. The Balaban J connectivity index is 1.95. The Morgan fingerprint density at radius 2 is 1.79 bits per heavy atom. The van der Waals surface area contributed by atoms with Crippen molar-refractivity contribution in [3.63, 3.8) is 0 Å². The normalized spacial score (nSPS) is 16.8. The van der Waals surface area contributed by atoms with Crippen molar-refractivity contribution in [2.24, 2.45) is 11.3 Å². The highest BCUT2D eigenvalue weighted by Gasteiger charge is 2.37. The minimum Gasteiger partial charge on any atom is -0.481 e. The molecule has 2 amide bonds. The van der Waals surface area contributed by atoms with Gasteiger partial charge in [-0.25, -0.2) is 4.39 Å². The molecule has 1 aliphatic heterocycles. The van der Waals surface area contributed by atoms with Gasteiger partial charge in [0.2, 0.25) is 5.91 Å². The number of nitrogens with zero attached hydrogens (tertiary/aromatic N) is 1. The molecule has 0 aliphatic carbocycles. The number of hydrogen-bond acceptors (Lipinski definition) is 3. The molecule has 1 aliphatic rings. The first-order valence-corrected chi connectivity index (χ1v) is 11.6. The molecule has 0 saturated heterocycles. The van der Waals surface area contributed by atoms with Gasteiger partial charge in [-0.05, 0) is 60.2 Å². The SMILES string of the molecule is CC(C)CNC(=O)C(C)Oc1ccc2c(c1)C(c1ccc(F)cc1)N(C(=O)C(C)(C)C)CC2. The second-order valence-corrected chi connectivity index (χ2v) is 10.2. The molecule has 0 aromatic heterocycles. The molecule has 5 nitrogen and oxygen atoms in total. The van der Waals surface area contributed by atoms with Crippen LogP contribution in [0, 0.1) is 17.2 Å². The molecule has 0 saturated carbocycles. The first-order valence-electron chi connectivity index (χ1n) is 11.6. The number of carbonyl (C=O) groups is 2. The molecule has 2 atom stereocenters. The van der Waals surface area contributed by atoms with Gasteiger partial charge < -0.3 is 15.0 Å². The van der Waals surface area contributed by atoms with Gasteiger partial charge in [0, 0.05) is 18.5 Å². The Kier molecular flexibility index (Phi) is 7.45. The van der Waals surface area contributed by atoms with Crippen LogP contribution in [0.4, 0.5) is 4.39 Å². The summed E-state index contributed by atoms with van der Waals surface area (Å²) in [4.78, 5) is 27.6. The first kappa shape index (κ1) is 24.7. The Hall–Kier alpha value is -2.89. The predicted molar refractivity (Wildman–Crippen MR) is 127 cm³/mol. The average Bonchev–Trinajstić information content (AvgIpc) is 2.76. The Labute approximate surface area is 196 Å². The molecular formula is C27H35FN2O3. The number of ether oxygens (including phenoxy) is 1. The third-order valence-corrected chi connectivity index (χ3v) is 5.80. The fourth-order valence-electron chi connectivity index (χ4n) is 4.03. The van der Waals surface area contributed by atoms with E-state index in [0.29, 0.717) is 24.8 Å². The number of fused-ring (bicyclic) bond motifs is 1. The average molecular weight is 455 g/mol. The van der Waals surface area contributed by atoms with Crippen LogP contribution in [0.25, 0.3) is 0 Å². The van der Waals surface area contributed by atoms with E-state index in [-0.39, 0.29) is 23.7 Å². The summed E-state index contributed by atoms with van der Waals surface area (Å²) < 4.78 is 19.6. The maximum atomic E-state index is 13.7. The van der Waals surface area contributed by atoms with E-state index in [1.807, 2.05) is 57.7 Å². The second kappa shape index (κ2) is 9.94. The summed E-state index contributed by atoms with van der Waals surface area (Å²) in [5.74, 6) is 0.476. The van der Waals surface area contributed by atoms with Gasteiger partial charge in [0.05, 0.1) is 6.04 Å². The van der Waals surface area contributed by atoms with E-state index in [9.17, 15) is 14.0 Å². The molecule has 2 aromatic rings. The summed E-state index contributed by atoms with van der Waals surface area (Å²) in [6.45, 7) is 12.7. The van der Waals surface area contributed by atoms with Crippen LogP contribution in [0.15, 0.2) is 42.5 Å². The number of halogens is 1. The molecule has 33 heavy (non-hydrogen) atoms. The van der Waals surface area contributed by atoms with Gasteiger partial charge in [-0.15, -0.1) is 0 Å². The van der Waals surface area contributed by atoms with Crippen LogP contribution in [-0.2, 0) is 16.0 Å². The van der Waals surface area contributed by atoms with Gasteiger partial charge in [-0.3, -0.25) is 9.59 Å². The molecular weight excluding hydrogens is 419 g/mol. The highest BCUT2D eigenvalue weighted by atomic mass is 19.1. The van der Waals surface area contributed by atoms with Crippen molar-refractivity contribution in [1.82, 2.24) is 10.2 Å². The van der Waals surface area contributed by atoms with E-state index in [1.54, 1.807) is 19.1 Å². The summed E-state index contributed by atoms with van der Waals surface area (Å²) in [6, 6.07) is 11.7. The predicted octanol–water partition coefficient (Wildman–Crippen LogP) is 4.89. The number of amides is 2. The highest BCUT2D eigenvalue weighted by Crippen LogP contribution is 2.39. The van der Waals surface area contributed by atoms with Gasteiger partial charge in [0.15, 0.2) is 6.10 Å². The van der Waals surface area contributed by atoms with E-state index in [1.165, 1.54) is 12.1 Å². The Morgan fingerprint density at radius 3 is 2.39 bits per heavy atom. The lowest BCUT2D eigenvalue weighted by atomic mass is 9.85. The lowest BCUT2D eigenvalue weighted by molar-refractivity contribution is -0.141. The summed E-state index contributed by atoms with van der Waals surface area (Å²) in [5, 5.41) is 2.89. The molecule has 3 rings (SSSR count). The van der Waals surface area contributed by atoms with Crippen LogP contribution in [0.2, 0.25) is 0 Å². The van der Waals surface area contributed by atoms with Crippen LogP contribution < -0.4 is 10.1 Å². The molecule has 2 unspecified atom stereocenters. The lowest BCUT2D eigenvalue weighted by Gasteiger charge is -2.41. The van der Waals surface area contributed by atoms with Gasteiger partial charge in [0.1, 0.15) is 11.6 Å². The van der Waals surface area contributed by atoms with E-state index in [2.05, 4.69) is 5.32 Å². The van der Waals surface area contributed by atoms with Crippen LogP contribution >= 0.6 is 0 Å². The molecule has 178 valence electrons. The zero-order chi connectivity index (χ0) is 24.3. The van der Waals surface area contributed by atoms with Crippen molar-refractivity contribution in [2.75, 3.05) is 13.1 Å².